The van der Waals surface area contributed by atoms with Gasteiger partial charge in [0.2, 0.25) is 5.72 Å². The van der Waals surface area contributed by atoms with E-state index in [1.165, 1.54) is 0 Å². The van der Waals surface area contributed by atoms with Crippen molar-refractivity contribution in [3.05, 3.63) is 59.1 Å². The lowest BCUT2D eigenvalue weighted by Crippen LogP contribution is -2.38. The second kappa shape index (κ2) is 4.52. The maximum atomic E-state index is 12.1. The monoisotopic (exact) mass is 342 g/mol. The first-order valence-corrected chi connectivity index (χ1v) is 8.57. The minimum Gasteiger partial charge on any atom is -0.433 e. The maximum absolute atomic E-state index is 12.1. The van der Waals surface area contributed by atoms with Crippen molar-refractivity contribution in [2.24, 2.45) is 0 Å². The number of halogens is 1. The lowest BCUT2D eigenvalue weighted by molar-refractivity contribution is -0.151. The van der Waals surface area contributed by atoms with E-state index in [-0.39, 0.29) is 11.2 Å². The van der Waals surface area contributed by atoms with Gasteiger partial charge in [-0.15, -0.1) is 0 Å². The molecule has 0 N–H and O–H groups in total. The number of ether oxygens (including phenoxy) is 1. The number of esters is 1. The van der Waals surface area contributed by atoms with Gasteiger partial charge in [0.1, 0.15) is 0 Å². The zero-order valence-corrected chi connectivity index (χ0v) is 13.5. The minimum atomic E-state index is -0.836. The van der Waals surface area contributed by atoms with E-state index in [0.717, 1.165) is 21.8 Å². The second-order valence-corrected chi connectivity index (χ2v) is 7.31. The fourth-order valence-electron chi connectivity index (χ4n) is 3.48. The van der Waals surface area contributed by atoms with Crippen molar-refractivity contribution in [3.8, 4) is 0 Å². The highest BCUT2D eigenvalue weighted by atomic mass is 35.5. The van der Waals surface area contributed by atoms with Crippen molar-refractivity contribution in [1.82, 2.24) is 9.55 Å². The third kappa shape index (κ3) is 1.69. The third-order valence-corrected chi connectivity index (χ3v) is 5.93. The lowest BCUT2D eigenvalue weighted by atomic mass is 9.98. The Kier molecular flexibility index (Phi) is 2.65. The Bertz CT molecular complexity index is 953. The van der Waals surface area contributed by atoms with Gasteiger partial charge in [-0.1, -0.05) is 47.6 Å². The topological polar surface area (TPSA) is 44.1 Å². The summed E-state index contributed by atoms with van der Waals surface area (Å²) in [5, 5.41) is 1.54. The Morgan fingerprint density at radius 2 is 2.00 bits per heavy atom. The van der Waals surface area contributed by atoms with Gasteiger partial charge < -0.3 is 4.74 Å². The average Bonchev–Trinajstić information content (AvgIpc) is 3.13. The van der Waals surface area contributed by atoms with Crippen LogP contribution in [0.3, 0.4) is 0 Å². The first kappa shape index (κ1) is 13.5. The molecule has 0 radical (unpaired) electrons. The number of benzene rings is 2. The predicted octanol–water partition coefficient (Wildman–Crippen LogP) is 3.81. The molecule has 2 aliphatic heterocycles. The van der Waals surface area contributed by atoms with Gasteiger partial charge in [-0.25, -0.2) is 4.98 Å². The number of carbonyl (C=O) groups is 1. The van der Waals surface area contributed by atoms with Gasteiger partial charge in [0, 0.05) is 10.6 Å². The van der Waals surface area contributed by atoms with E-state index in [1.807, 2.05) is 48.5 Å². The molecule has 1 aromatic heterocycles. The van der Waals surface area contributed by atoms with E-state index >= 15 is 0 Å². The molecule has 2 atom stereocenters. The normalized spacial score (nSPS) is 25.4. The number of para-hydroxylation sites is 2. The molecule has 2 aromatic carbocycles. The first-order chi connectivity index (χ1) is 11.2. The van der Waals surface area contributed by atoms with Crippen LogP contribution in [-0.2, 0) is 15.3 Å². The van der Waals surface area contributed by atoms with Gasteiger partial charge in [0.15, 0.2) is 5.16 Å². The fraction of sp³-hybridized carbons (Fsp3) is 0.176. The van der Waals surface area contributed by atoms with Crippen molar-refractivity contribution >= 4 is 40.4 Å². The fourth-order valence-corrected chi connectivity index (χ4v) is 5.02. The van der Waals surface area contributed by atoms with Gasteiger partial charge >= 0.3 is 5.97 Å². The zero-order chi connectivity index (χ0) is 15.6. The van der Waals surface area contributed by atoms with Gasteiger partial charge in [0.25, 0.3) is 0 Å². The van der Waals surface area contributed by atoms with E-state index in [4.69, 9.17) is 21.3 Å². The predicted molar refractivity (Wildman–Crippen MR) is 88.6 cm³/mol. The third-order valence-electron chi connectivity index (χ3n) is 4.43. The highest BCUT2D eigenvalue weighted by Crippen LogP contribution is 2.55. The summed E-state index contributed by atoms with van der Waals surface area (Å²) in [5.41, 5.74) is 1.97. The number of fused-ring (bicyclic) bond motifs is 5. The summed E-state index contributed by atoms with van der Waals surface area (Å²) >= 11 is 7.64. The number of nitrogens with zero attached hydrogens (tertiary/aromatic N) is 2. The molecule has 4 nitrogen and oxygen atoms in total. The van der Waals surface area contributed by atoms with Crippen LogP contribution in [-0.4, -0.2) is 20.8 Å². The SMILES string of the molecule is O=C1CC2Sc3nc4ccccc4n3C2(c2ccc(Cl)cc2)O1. The molecule has 2 unspecified atom stereocenters. The molecule has 3 aromatic rings. The summed E-state index contributed by atoms with van der Waals surface area (Å²) in [5.74, 6) is -0.180. The molecule has 0 amide bonds. The summed E-state index contributed by atoms with van der Waals surface area (Å²) in [6.07, 6.45) is 0.380. The van der Waals surface area contributed by atoms with Crippen LogP contribution < -0.4 is 0 Å². The van der Waals surface area contributed by atoms with Crippen LogP contribution in [0.1, 0.15) is 12.0 Å². The molecular weight excluding hydrogens is 332 g/mol. The van der Waals surface area contributed by atoms with Crippen LogP contribution in [0, 0.1) is 0 Å². The number of imidazole rings is 1. The number of carbonyl (C=O) groups excluding carboxylic acids is 1. The summed E-state index contributed by atoms with van der Waals surface area (Å²) in [6, 6.07) is 15.4. The van der Waals surface area contributed by atoms with E-state index in [9.17, 15) is 4.79 Å². The Balaban J connectivity index is 1.83. The molecule has 6 heteroatoms. The van der Waals surface area contributed by atoms with Crippen molar-refractivity contribution in [2.45, 2.75) is 22.6 Å². The number of rotatable bonds is 1. The molecule has 0 bridgehead atoms. The Labute approximate surface area is 141 Å². The van der Waals surface area contributed by atoms with Crippen molar-refractivity contribution in [1.29, 1.82) is 0 Å². The lowest BCUT2D eigenvalue weighted by Gasteiger charge is -2.30. The average molecular weight is 343 g/mol. The van der Waals surface area contributed by atoms with Crippen LogP contribution in [0.5, 0.6) is 0 Å². The van der Waals surface area contributed by atoms with Gasteiger partial charge in [-0.05, 0) is 24.3 Å². The number of thioether (sulfide) groups is 1. The van der Waals surface area contributed by atoms with Crippen LogP contribution in [0.4, 0.5) is 0 Å². The Morgan fingerprint density at radius 3 is 2.83 bits per heavy atom. The highest BCUT2D eigenvalue weighted by Gasteiger charge is 2.58. The first-order valence-electron chi connectivity index (χ1n) is 7.31. The summed E-state index contributed by atoms with van der Waals surface area (Å²) < 4.78 is 7.97. The van der Waals surface area contributed by atoms with Crippen LogP contribution in [0.15, 0.2) is 53.7 Å². The van der Waals surface area contributed by atoms with Crippen LogP contribution >= 0.6 is 23.4 Å². The van der Waals surface area contributed by atoms with Crippen LogP contribution in [0.2, 0.25) is 5.02 Å². The molecular formula is C17H11ClN2O2S. The highest BCUT2D eigenvalue weighted by molar-refractivity contribution is 8.00. The standard InChI is InChI=1S/C17H11ClN2O2S/c18-11-7-5-10(6-8-11)17-14(9-15(21)22-17)23-16-19-12-3-1-2-4-13(12)20(16)17/h1-8,14H,9H2. The zero-order valence-electron chi connectivity index (χ0n) is 11.9. The minimum absolute atomic E-state index is 0.0109. The molecule has 2 aliphatic rings. The van der Waals surface area contributed by atoms with Crippen molar-refractivity contribution in [3.63, 3.8) is 0 Å². The summed E-state index contributed by atoms with van der Waals surface area (Å²) in [7, 11) is 0. The summed E-state index contributed by atoms with van der Waals surface area (Å²) in [4.78, 5) is 16.8. The molecule has 0 aliphatic carbocycles. The summed E-state index contributed by atoms with van der Waals surface area (Å²) in [6.45, 7) is 0. The second-order valence-electron chi connectivity index (χ2n) is 5.71. The quantitative estimate of drug-likeness (QED) is 0.631. The number of hydrogen-bond donors (Lipinski definition) is 0. The Hall–Kier alpha value is -1.98. The van der Waals surface area contributed by atoms with Gasteiger partial charge in [0.05, 0.1) is 22.7 Å². The van der Waals surface area contributed by atoms with Crippen molar-refractivity contribution < 1.29 is 9.53 Å². The molecule has 0 saturated carbocycles. The molecule has 114 valence electrons. The van der Waals surface area contributed by atoms with Gasteiger partial charge in [-0.2, -0.15) is 0 Å². The van der Waals surface area contributed by atoms with Crippen LogP contribution in [0.25, 0.3) is 11.0 Å². The smallest absolute Gasteiger partial charge is 0.309 e. The van der Waals surface area contributed by atoms with E-state index in [2.05, 4.69) is 4.57 Å². The maximum Gasteiger partial charge on any atom is 0.309 e. The molecule has 3 heterocycles. The number of hydrogen-bond acceptors (Lipinski definition) is 4. The molecule has 23 heavy (non-hydrogen) atoms. The van der Waals surface area contributed by atoms with Crippen molar-refractivity contribution in [2.75, 3.05) is 0 Å². The molecule has 1 saturated heterocycles. The molecule has 1 fully saturated rings. The number of aromatic nitrogens is 2. The molecule has 0 spiro atoms. The van der Waals surface area contributed by atoms with E-state index in [1.54, 1.807) is 11.8 Å². The van der Waals surface area contributed by atoms with E-state index < -0.39 is 5.72 Å². The molecule has 5 rings (SSSR count). The largest absolute Gasteiger partial charge is 0.433 e. The van der Waals surface area contributed by atoms with Gasteiger partial charge in [-0.3, -0.25) is 9.36 Å². The Morgan fingerprint density at radius 1 is 1.22 bits per heavy atom. The van der Waals surface area contributed by atoms with E-state index in [0.29, 0.717) is 11.4 Å².